The van der Waals surface area contributed by atoms with Crippen molar-refractivity contribution in [2.24, 2.45) is 5.41 Å². The maximum Gasteiger partial charge on any atom is 0.333 e. The first-order valence-corrected chi connectivity index (χ1v) is 6.41. The van der Waals surface area contributed by atoms with Gasteiger partial charge in [-0.05, 0) is 26.2 Å². The van der Waals surface area contributed by atoms with E-state index in [2.05, 4.69) is 13.5 Å². The highest BCUT2D eigenvalue weighted by Gasteiger charge is 2.40. The number of hydrogen-bond acceptors (Lipinski definition) is 3. The van der Waals surface area contributed by atoms with Crippen molar-refractivity contribution >= 4 is 5.97 Å². The average Bonchev–Trinajstić information content (AvgIpc) is 2.35. The lowest BCUT2D eigenvalue weighted by atomic mass is 9.70. The number of carbonyl (C=O) groups is 1. The van der Waals surface area contributed by atoms with Crippen LogP contribution in [0.15, 0.2) is 12.2 Å². The van der Waals surface area contributed by atoms with Crippen LogP contribution in [-0.2, 0) is 14.3 Å². The van der Waals surface area contributed by atoms with E-state index in [0.717, 1.165) is 19.3 Å². The molecule has 2 atom stereocenters. The Morgan fingerprint density at radius 3 is 2.71 bits per heavy atom. The number of rotatable bonds is 5. The molecule has 1 aliphatic rings. The molecule has 2 unspecified atom stereocenters. The molecule has 0 saturated heterocycles. The minimum absolute atomic E-state index is 0.00188. The van der Waals surface area contributed by atoms with Gasteiger partial charge < -0.3 is 9.47 Å². The summed E-state index contributed by atoms with van der Waals surface area (Å²) in [7, 11) is 1.75. The third kappa shape index (κ3) is 3.32. The van der Waals surface area contributed by atoms with Crippen LogP contribution in [-0.4, -0.2) is 25.8 Å². The molecule has 0 heterocycles. The largest absolute Gasteiger partial charge is 0.462 e. The molecule has 3 nitrogen and oxygen atoms in total. The normalized spacial score (nSPS) is 28.8. The summed E-state index contributed by atoms with van der Waals surface area (Å²) in [5.41, 5.74) is 0.457. The van der Waals surface area contributed by atoms with Gasteiger partial charge in [-0.2, -0.15) is 0 Å². The Hall–Kier alpha value is -0.830. The van der Waals surface area contributed by atoms with Crippen LogP contribution in [0.4, 0.5) is 0 Å². The Morgan fingerprint density at radius 2 is 2.18 bits per heavy atom. The number of carbonyl (C=O) groups excluding carboxylic acids is 1. The lowest BCUT2D eigenvalue weighted by Gasteiger charge is -2.42. The summed E-state index contributed by atoms with van der Waals surface area (Å²) in [6, 6.07) is 0. The van der Waals surface area contributed by atoms with Gasteiger partial charge in [0.2, 0.25) is 0 Å². The molecule has 98 valence electrons. The van der Waals surface area contributed by atoms with E-state index in [9.17, 15) is 4.79 Å². The second-order valence-electron chi connectivity index (χ2n) is 5.04. The molecular weight excluding hydrogens is 216 g/mol. The van der Waals surface area contributed by atoms with E-state index in [-0.39, 0.29) is 17.5 Å². The van der Waals surface area contributed by atoms with Crippen LogP contribution in [0.3, 0.4) is 0 Å². The third-order valence-corrected chi connectivity index (χ3v) is 3.90. The summed E-state index contributed by atoms with van der Waals surface area (Å²) < 4.78 is 10.9. The van der Waals surface area contributed by atoms with Crippen molar-refractivity contribution < 1.29 is 14.3 Å². The molecule has 1 rings (SSSR count). The summed E-state index contributed by atoms with van der Waals surface area (Å²) in [5.74, 6) is -0.293. The Bertz CT molecular complexity index is 285. The van der Waals surface area contributed by atoms with Crippen LogP contribution >= 0.6 is 0 Å². The first-order valence-electron chi connectivity index (χ1n) is 6.41. The molecule has 0 spiro atoms. The maximum absolute atomic E-state index is 11.5. The van der Waals surface area contributed by atoms with E-state index in [1.807, 2.05) is 0 Å². The third-order valence-electron chi connectivity index (χ3n) is 3.90. The Labute approximate surface area is 104 Å². The van der Waals surface area contributed by atoms with Gasteiger partial charge in [-0.3, -0.25) is 0 Å². The molecule has 17 heavy (non-hydrogen) atoms. The van der Waals surface area contributed by atoms with Gasteiger partial charge >= 0.3 is 5.97 Å². The van der Waals surface area contributed by atoms with Crippen molar-refractivity contribution in [2.45, 2.75) is 52.1 Å². The van der Waals surface area contributed by atoms with Gasteiger partial charge in [0.15, 0.2) is 0 Å². The predicted molar refractivity (Wildman–Crippen MR) is 67.8 cm³/mol. The molecule has 3 heteroatoms. The van der Waals surface area contributed by atoms with Crippen LogP contribution in [0, 0.1) is 5.41 Å². The highest BCUT2D eigenvalue weighted by atomic mass is 16.5. The second-order valence-corrected chi connectivity index (χ2v) is 5.04. The van der Waals surface area contributed by atoms with Crippen molar-refractivity contribution in [1.82, 2.24) is 0 Å². The van der Waals surface area contributed by atoms with Crippen molar-refractivity contribution in [1.29, 1.82) is 0 Å². The average molecular weight is 240 g/mol. The highest BCUT2D eigenvalue weighted by Crippen LogP contribution is 2.41. The van der Waals surface area contributed by atoms with Gasteiger partial charge in [-0.25, -0.2) is 4.79 Å². The molecule has 0 amide bonds. The lowest BCUT2D eigenvalue weighted by molar-refractivity contribution is -0.149. The highest BCUT2D eigenvalue weighted by molar-refractivity contribution is 5.86. The predicted octanol–water partition coefficient (Wildman–Crippen LogP) is 3.09. The summed E-state index contributed by atoms with van der Waals surface area (Å²) in [4.78, 5) is 11.5. The summed E-state index contributed by atoms with van der Waals surface area (Å²) in [6.45, 7) is 7.87. The Morgan fingerprint density at radius 1 is 1.47 bits per heavy atom. The fourth-order valence-corrected chi connectivity index (χ4v) is 2.65. The van der Waals surface area contributed by atoms with Crippen LogP contribution in [0.5, 0.6) is 0 Å². The first kappa shape index (κ1) is 14.2. The fourth-order valence-electron chi connectivity index (χ4n) is 2.65. The number of hydrogen-bond donors (Lipinski definition) is 0. The van der Waals surface area contributed by atoms with E-state index in [1.54, 1.807) is 14.0 Å². The summed E-state index contributed by atoms with van der Waals surface area (Å²) >= 11 is 0. The summed E-state index contributed by atoms with van der Waals surface area (Å²) in [5, 5.41) is 0. The van der Waals surface area contributed by atoms with Crippen molar-refractivity contribution in [2.75, 3.05) is 13.7 Å². The number of esters is 1. The molecule has 1 fully saturated rings. The van der Waals surface area contributed by atoms with Crippen LogP contribution < -0.4 is 0 Å². The van der Waals surface area contributed by atoms with E-state index < -0.39 is 0 Å². The monoisotopic (exact) mass is 240 g/mol. The Kier molecular flexibility index (Phi) is 5.19. The fraction of sp³-hybridized carbons (Fsp3) is 0.786. The van der Waals surface area contributed by atoms with Gasteiger partial charge in [0.1, 0.15) is 0 Å². The van der Waals surface area contributed by atoms with E-state index in [1.165, 1.54) is 12.8 Å². The minimum atomic E-state index is -0.293. The molecule has 0 aromatic heterocycles. The van der Waals surface area contributed by atoms with Gasteiger partial charge in [-0.1, -0.05) is 26.3 Å². The zero-order chi connectivity index (χ0) is 12.9. The van der Waals surface area contributed by atoms with Gasteiger partial charge in [0.25, 0.3) is 0 Å². The van der Waals surface area contributed by atoms with Crippen molar-refractivity contribution in [3.05, 3.63) is 12.2 Å². The second kappa shape index (κ2) is 6.20. The topological polar surface area (TPSA) is 35.5 Å². The molecule has 1 saturated carbocycles. The van der Waals surface area contributed by atoms with E-state index in [4.69, 9.17) is 9.47 Å². The molecule has 0 N–H and O–H groups in total. The SMILES string of the molecule is C=C(C)C(=O)OCC1(CC)CCCCC1OC. The molecule has 0 aliphatic heterocycles. The molecule has 0 aromatic rings. The minimum Gasteiger partial charge on any atom is -0.462 e. The zero-order valence-electron chi connectivity index (χ0n) is 11.3. The quantitative estimate of drug-likeness (QED) is 0.547. The molecule has 0 aromatic carbocycles. The van der Waals surface area contributed by atoms with E-state index >= 15 is 0 Å². The molecule has 0 radical (unpaired) electrons. The molecule has 0 bridgehead atoms. The number of ether oxygens (including phenoxy) is 2. The maximum atomic E-state index is 11.5. The van der Waals surface area contributed by atoms with Crippen LogP contribution in [0.25, 0.3) is 0 Å². The molecular formula is C14H24O3. The molecule has 1 aliphatic carbocycles. The van der Waals surface area contributed by atoms with E-state index in [0.29, 0.717) is 12.2 Å². The zero-order valence-corrected chi connectivity index (χ0v) is 11.3. The lowest BCUT2D eigenvalue weighted by Crippen LogP contribution is -2.43. The van der Waals surface area contributed by atoms with Crippen molar-refractivity contribution in [3.8, 4) is 0 Å². The Balaban J connectivity index is 2.66. The van der Waals surface area contributed by atoms with Gasteiger partial charge in [-0.15, -0.1) is 0 Å². The van der Waals surface area contributed by atoms with Gasteiger partial charge in [0, 0.05) is 18.1 Å². The first-order chi connectivity index (χ1) is 8.05. The van der Waals surface area contributed by atoms with Crippen LogP contribution in [0.2, 0.25) is 0 Å². The smallest absolute Gasteiger partial charge is 0.333 e. The van der Waals surface area contributed by atoms with Gasteiger partial charge in [0.05, 0.1) is 12.7 Å². The number of methoxy groups -OCH3 is 1. The standard InChI is InChI=1S/C14H24O3/c1-5-14(10-17-13(15)11(2)3)9-7-6-8-12(14)16-4/h12H,2,5-10H2,1,3-4H3. The summed E-state index contributed by atoms with van der Waals surface area (Å²) in [6.07, 6.45) is 5.72. The van der Waals surface area contributed by atoms with Crippen molar-refractivity contribution in [3.63, 3.8) is 0 Å². The van der Waals surface area contributed by atoms with Crippen LogP contribution in [0.1, 0.15) is 46.0 Å².